The van der Waals surface area contributed by atoms with Gasteiger partial charge in [-0.2, -0.15) is 0 Å². The molecular weight excluding hydrogens is 310 g/mol. The van der Waals surface area contributed by atoms with Gasteiger partial charge in [-0.1, -0.05) is 31.2 Å². The van der Waals surface area contributed by atoms with Crippen LogP contribution in [0.25, 0.3) is 0 Å². The lowest BCUT2D eigenvalue weighted by molar-refractivity contribution is -0.116. The third-order valence-corrected chi connectivity index (χ3v) is 3.43. The lowest BCUT2D eigenvalue weighted by atomic mass is 10.1. The van der Waals surface area contributed by atoms with E-state index in [9.17, 15) is 13.6 Å². The lowest BCUT2D eigenvalue weighted by Crippen LogP contribution is -2.32. The molecule has 6 heteroatoms. The molecule has 22 heavy (non-hydrogen) atoms. The molecule has 0 aliphatic heterocycles. The van der Waals surface area contributed by atoms with Crippen molar-refractivity contribution in [3.63, 3.8) is 0 Å². The molecule has 0 saturated carbocycles. The van der Waals surface area contributed by atoms with Gasteiger partial charge in [-0.15, -0.1) is 0 Å². The number of alkyl halides is 2. The molecule has 0 atom stereocenters. The summed E-state index contributed by atoms with van der Waals surface area (Å²) in [6.45, 7) is 9.32. The molecule has 0 aliphatic carbocycles. The van der Waals surface area contributed by atoms with E-state index in [0.717, 1.165) is 25.6 Å². The zero-order chi connectivity index (χ0) is 16.9. The number of rotatable bonds is 7. The fraction of sp³-hybridized carbons (Fsp3) is 0.438. The summed E-state index contributed by atoms with van der Waals surface area (Å²) in [5.74, 6) is -3.24. The highest BCUT2D eigenvalue weighted by Crippen LogP contribution is 2.32. The number of allylic oxidation sites excluding steroid dienone is 1. The molecule has 0 radical (unpaired) electrons. The van der Waals surface area contributed by atoms with Crippen LogP contribution in [0.15, 0.2) is 30.5 Å². The lowest BCUT2D eigenvalue weighted by Gasteiger charge is -2.23. The van der Waals surface area contributed by atoms with Crippen LogP contribution in [0.1, 0.15) is 32.8 Å². The van der Waals surface area contributed by atoms with E-state index < -0.39 is 5.92 Å². The van der Waals surface area contributed by atoms with Gasteiger partial charge in [0.05, 0.1) is 17.3 Å². The van der Waals surface area contributed by atoms with Crippen LogP contribution in [0.3, 0.4) is 0 Å². The Morgan fingerprint density at radius 2 is 2.09 bits per heavy atom. The van der Waals surface area contributed by atoms with Crippen molar-refractivity contribution in [3.8, 4) is 0 Å². The van der Waals surface area contributed by atoms with Gasteiger partial charge in [0, 0.05) is 24.7 Å². The van der Waals surface area contributed by atoms with Crippen molar-refractivity contribution < 1.29 is 13.6 Å². The van der Waals surface area contributed by atoms with Crippen molar-refractivity contribution in [1.82, 2.24) is 4.90 Å². The maximum absolute atomic E-state index is 13.2. The number of hydrogen-bond acceptors (Lipinski definition) is 2. The average molecular weight is 331 g/mol. The zero-order valence-electron chi connectivity index (χ0n) is 13.0. The highest BCUT2D eigenvalue weighted by molar-refractivity contribution is 6.33. The molecule has 0 aliphatic rings. The second-order valence-corrected chi connectivity index (χ2v) is 5.70. The van der Waals surface area contributed by atoms with Crippen molar-refractivity contribution in [3.05, 3.63) is 41.1 Å². The zero-order valence-corrected chi connectivity index (χ0v) is 13.8. The fourth-order valence-electron chi connectivity index (χ4n) is 1.93. The predicted octanol–water partition coefficient (Wildman–Crippen LogP) is 4.64. The van der Waals surface area contributed by atoms with Gasteiger partial charge in [0.15, 0.2) is 0 Å². The maximum atomic E-state index is 13.2. The first-order valence-corrected chi connectivity index (χ1v) is 7.41. The van der Waals surface area contributed by atoms with Gasteiger partial charge in [-0.05, 0) is 25.5 Å². The first kappa shape index (κ1) is 18.4. The quantitative estimate of drug-likeness (QED) is 0.790. The third kappa shape index (κ3) is 5.30. The van der Waals surface area contributed by atoms with E-state index in [4.69, 9.17) is 11.6 Å². The molecule has 0 fully saturated rings. The van der Waals surface area contributed by atoms with Gasteiger partial charge in [0.25, 0.3) is 5.92 Å². The fourth-order valence-corrected chi connectivity index (χ4v) is 2.16. The van der Waals surface area contributed by atoms with Gasteiger partial charge >= 0.3 is 0 Å². The summed E-state index contributed by atoms with van der Waals surface area (Å²) in [4.78, 5) is 13.9. The van der Waals surface area contributed by atoms with Gasteiger partial charge in [0.2, 0.25) is 5.91 Å². The molecule has 0 spiro atoms. The molecule has 1 aromatic rings. The molecule has 0 bridgehead atoms. The summed E-state index contributed by atoms with van der Waals surface area (Å²) in [6, 6.07) is 3.81. The Labute approximate surface area is 134 Å². The summed E-state index contributed by atoms with van der Waals surface area (Å²) in [5, 5.41) is 2.72. The Morgan fingerprint density at radius 1 is 1.45 bits per heavy atom. The van der Waals surface area contributed by atoms with E-state index in [-0.39, 0.29) is 23.0 Å². The van der Waals surface area contributed by atoms with E-state index in [1.54, 1.807) is 0 Å². The molecule has 1 rings (SSSR count). The van der Waals surface area contributed by atoms with E-state index in [2.05, 4.69) is 11.9 Å². The first-order chi connectivity index (χ1) is 10.1. The van der Waals surface area contributed by atoms with Crippen molar-refractivity contribution in [2.45, 2.75) is 33.1 Å². The second-order valence-electron chi connectivity index (χ2n) is 5.29. The standard InChI is InChI=1S/C16H21ClF2N2O/c1-5-8-21(11(2)3)10-15(22)20-14-7-6-12(9-13(14)17)16(4,18)19/h6-7,9H,2,5,8,10H2,1,3-4H3,(H,20,22). The predicted molar refractivity (Wildman–Crippen MR) is 86.3 cm³/mol. The summed E-state index contributed by atoms with van der Waals surface area (Å²) >= 11 is 5.96. The van der Waals surface area contributed by atoms with Crippen LogP contribution < -0.4 is 5.32 Å². The van der Waals surface area contributed by atoms with Crippen LogP contribution in [0.2, 0.25) is 5.02 Å². The summed E-state index contributed by atoms with van der Waals surface area (Å²) in [5.41, 5.74) is 0.923. The van der Waals surface area contributed by atoms with Gasteiger partial charge < -0.3 is 10.2 Å². The first-order valence-electron chi connectivity index (χ1n) is 7.03. The maximum Gasteiger partial charge on any atom is 0.270 e. The molecule has 3 nitrogen and oxygen atoms in total. The normalized spacial score (nSPS) is 11.2. The Morgan fingerprint density at radius 3 is 2.55 bits per heavy atom. The van der Waals surface area contributed by atoms with Crippen LogP contribution in [0, 0.1) is 0 Å². The minimum absolute atomic E-state index is 0.0877. The summed E-state index contributed by atoms with van der Waals surface area (Å²) < 4.78 is 26.4. The van der Waals surface area contributed by atoms with Crippen LogP contribution in [-0.4, -0.2) is 23.9 Å². The topological polar surface area (TPSA) is 32.3 Å². The molecule has 1 amide bonds. The van der Waals surface area contributed by atoms with Gasteiger partial charge in [0.1, 0.15) is 0 Å². The Kier molecular flexibility index (Phi) is 6.35. The molecule has 0 aromatic heterocycles. The number of benzene rings is 1. The van der Waals surface area contributed by atoms with E-state index in [0.29, 0.717) is 5.69 Å². The monoisotopic (exact) mass is 330 g/mol. The number of carbonyl (C=O) groups is 1. The van der Waals surface area contributed by atoms with Crippen molar-refractivity contribution in [2.75, 3.05) is 18.4 Å². The number of amides is 1. The smallest absolute Gasteiger partial charge is 0.270 e. The molecule has 0 unspecified atom stereocenters. The Hall–Kier alpha value is -1.62. The largest absolute Gasteiger partial charge is 0.366 e. The van der Waals surface area contributed by atoms with Gasteiger partial charge in [-0.3, -0.25) is 4.79 Å². The molecule has 1 aromatic carbocycles. The molecule has 1 N–H and O–H groups in total. The van der Waals surface area contributed by atoms with E-state index in [1.165, 1.54) is 18.2 Å². The van der Waals surface area contributed by atoms with Crippen molar-refractivity contribution in [1.29, 1.82) is 0 Å². The summed E-state index contributed by atoms with van der Waals surface area (Å²) in [6.07, 6.45) is 0.890. The van der Waals surface area contributed by atoms with Crippen LogP contribution in [0.4, 0.5) is 14.5 Å². The van der Waals surface area contributed by atoms with Crippen LogP contribution >= 0.6 is 11.6 Å². The van der Waals surface area contributed by atoms with Gasteiger partial charge in [-0.25, -0.2) is 8.78 Å². The molecule has 122 valence electrons. The number of hydrogen-bond donors (Lipinski definition) is 1. The SMILES string of the molecule is C=C(C)N(CCC)CC(=O)Nc1ccc(C(C)(F)F)cc1Cl. The number of nitrogens with one attached hydrogen (secondary N) is 1. The van der Waals surface area contributed by atoms with Crippen molar-refractivity contribution in [2.24, 2.45) is 0 Å². The van der Waals surface area contributed by atoms with E-state index >= 15 is 0 Å². The summed E-state index contributed by atoms with van der Waals surface area (Å²) in [7, 11) is 0. The second kappa shape index (κ2) is 7.58. The van der Waals surface area contributed by atoms with Crippen molar-refractivity contribution >= 4 is 23.2 Å². The molecular formula is C16H21ClF2N2O. The minimum Gasteiger partial charge on any atom is -0.366 e. The third-order valence-electron chi connectivity index (χ3n) is 3.12. The van der Waals surface area contributed by atoms with E-state index in [1.807, 2.05) is 18.7 Å². The Balaban J connectivity index is 2.78. The highest BCUT2D eigenvalue weighted by atomic mass is 35.5. The number of carbonyl (C=O) groups excluding carboxylic acids is 1. The average Bonchev–Trinajstić information content (AvgIpc) is 2.39. The number of nitrogens with zero attached hydrogens (tertiary/aromatic N) is 1. The molecule has 0 saturated heterocycles. The van der Waals surface area contributed by atoms with Crippen LogP contribution in [-0.2, 0) is 10.7 Å². The minimum atomic E-state index is -2.97. The number of anilines is 1. The molecule has 0 heterocycles. The number of halogens is 3. The Bertz CT molecular complexity index is 556. The highest BCUT2D eigenvalue weighted by Gasteiger charge is 2.25. The van der Waals surface area contributed by atoms with Crippen LogP contribution in [0.5, 0.6) is 0 Å².